The Morgan fingerprint density at radius 2 is 1.77 bits per heavy atom. The Bertz CT molecular complexity index is 1240. The van der Waals surface area contributed by atoms with Crippen molar-refractivity contribution in [2.24, 2.45) is 0 Å². The van der Waals surface area contributed by atoms with E-state index in [4.69, 9.17) is 12.2 Å². The van der Waals surface area contributed by atoms with E-state index in [0.717, 1.165) is 22.8 Å². The van der Waals surface area contributed by atoms with Gasteiger partial charge in [0.25, 0.3) is 11.8 Å². The highest BCUT2D eigenvalue weighted by molar-refractivity contribution is 7.80. The minimum Gasteiger partial charge on any atom is -0.303 e. The van der Waals surface area contributed by atoms with Gasteiger partial charge in [-0.2, -0.15) is 0 Å². The molecule has 1 N–H and O–H groups in total. The van der Waals surface area contributed by atoms with Crippen molar-refractivity contribution in [3.63, 3.8) is 0 Å². The monoisotopic (exact) mass is 434 g/mol. The van der Waals surface area contributed by atoms with Gasteiger partial charge in [0.2, 0.25) is 0 Å². The van der Waals surface area contributed by atoms with Crippen LogP contribution in [-0.2, 0) is 9.59 Å². The van der Waals surface area contributed by atoms with Crippen LogP contribution in [-0.4, -0.2) is 26.5 Å². The largest absolute Gasteiger partial charge is 0.303 e. The first-order chi connectivity index (χ1) is 14.8. The summed E-state index contributed by atoms with van der Waals surface area (Å²) in [5.41, 5.74) is 3.82. The Hall–Kier alpha value is -3.65. The molecule has 1 aliphatic rings. The second-order valence-corrected chi connectivity index (χ2v) is 7.68. The summed E-state index contributed by atoms with van der Waals surface area (Å²) >= 11 is 5.18. The van der Waals surface area contributed by atoms with Gasteiger partial charge in [-0.15, -0.1) is 0 Å². The minimum atomic E-state index is -0.577. The molecule has 0 saturated carbocycles. The third-order valence-corrected chi connectivity index (χ3v) is 5.37. The maximum atomic E-state index is 13.3. The number of amides is 2. The van der Waals surface area contributed by atoms with Gasteiger partial charge in [0.15, 0.2) is 5.11 Å². The summed E-state index contributed by atoms with van der Waals surface area (Å²) < 4.78 is 15.3. The fraction of sp³-hybridized carbons (Fsp3) is 0.130. The number of nitrogens with one attached hydrogen (secondary N) is 1. The minimum absolute atomic E-state index is 0.0481. The number of hydrogen-bond acceptors (Lipinski definition) is 4. The lowest BCUT2D eigenvalue weighted by Gasteiger charge is -2.28. The van der Waals surface area contributed by atoms with Gasteiger partial charge >= 0.3 is 0 Å². The Balaban J connectivity index is 1.75. The van der Waals surface area contributed by atoms with Crippen molar-refractivity contribution in [3.8, 4) is 5.82 Å². The molecule has 3 heterocycles. The molecule has 1 saturated heterocycles. The van der Waals surface area contributed by atoms with Gasteiger partial charge in [-0.25, -0.2) is 9.37 Å². The Kier molecular flexibility index (Phi) is 5.24. The Morgan fingerprint density at radius 1 is 1.06 bits per heavy atom. The number of carbonyl (C=O) groups excluding carboxylic acids is 2. The number of aryl methyl sites for hydroxylation is 2. The molecule has 0 spiro atoms. The number of anilines is 1. The second-order valence-electron chi connectivity index (χ2n) is 7.29. The molecule has 1 aliphatic heterocycles. The number of pyridine rings is 1. The summed E-state index contributed by atoms with van der Waals surface area (Å²) in [6.45, 7) is 5.79. The predicted octanol–water partition coefficient (Wildman–Crippen LogP) is 3.77. The van der Waals surface area contributed by atoms with Gasteiger partial charge in [0, 0.05) is 17.6 Å². The number of benzene rings is 1. The molecule has 0 atom stereocenters. The van der Waals surface area contributed by atoms with Gasteiger partial charge in [0.1, 0.15) is 17.2 Å². The highest BCUT2D eigenvalue weighted by Gasteiger charge is 2.34. The Labute approximate surface area is 184 Å². The standard InChI is InChI=1S/C23H19FN4O2S/c1-13-4-9-20(25-12-13)27-14(2)10-16(15(27)3)11-19-21(29)26-23(31)28(22(19)30)18-7-5-17(24)6-8-18/h4-12H,1-3H3,(H,26,29,31). The van der Waals surface area contributed by atoms with Crippen molar-refractivity contribution in [2.75, 3.05) is 4.90 Å². The van der Waals surface area contributed by atoms with Crippen LogP contribution in [0.3, 0.4) is 0 Å². The van der Waals surface area contributed by atoms with E-state index in [1.54, 1.807) is 12.3 Å². The van der Waals surface area contributed by atoms with Crippen molar-refractivity contribution >= 4 is 40.9 Å². The number of carbonyl (C=O) groups is 2. The molecule has 2 amide bonds. The first-order valence-electron chi connectivity index (χ1n) is 9.55. The number of halogens is 1. The molecule has 156 valence electrons. The van der Waals surface area contributed by atoms with Crippen LogP contribution in [0, 0.1) is 26.6 Å². The van der Waals surface area contributed by atoms with Gasteiger partial charge in [0.05, 0.1) is 5.69 Å². The van der Waals surface area contributed by atoms with Crippen molar-refractivity contribution in [3.05, 3.63) is 82.6 Å². The molecule has 0 radical (unpaired) electrons. The zero-order chi connectivity index (χ0) is 22.3. The van der Waals surface area contributed by atoms with E-state index in [2.05, 4.69) is 10.3 Å². The molecule has 1 fully saturated rings. The van der Waals surface area contributed by atoms with Crippen molar-refractivity contribution in [2.45, 2.75) is 20.8 Å². The zero-order valence-corrected chi connectivity index (χ0v) is 18.0. The highest BCUT2D eigenvalue weighted by atomic mass is 32.1. The summed E-state index contributed by atoms with van der Waals surface area (Å²) in [5, 5.41) is 2.49. The van der Waals surface area contributed by atoms with E-state index in [0.29, 0.717) is 11.3 Å². The maximum Gasteiger partial charge on any atom is 0.270 e. The van der Waals surface area contributed by atoms with Crippen LogP contribution in [0.25, 0.3) is 11.9 Å². The van der Waals surface area contributed by atoms with Gasteiger partial charge < -0.3 is 4.57 Å². The molecule has 0 aliphatic carbocycles. The maximum absolute atomic E-state index is 13.3. The number of rotatable bonds is 3. The fourth-order valence-corrected chi connectivity index (χ4v) is 3.80. The van der Waals surface area contributed by atoms with Crippen molar-refractivity contribution in [1.29, 1.82) is 0 Å². The summed E-state index contributed by atoms with van der Waals surface area (Å²) in [6, 6.07) is 11.1. The summed E-state index contributed by atoms with van der Waals surface area (Å²) in [6.07, 6.45) is 3.33. The molecule has 0 bridgehead atoms. The van der Waals surface area contributed by atoms with Crippen molar-refractivity contribution < 1.29 is 14.0 Å². The number of hydrogen-bond donors (Lipinski definition) is 1. The molecule has 1 aromatic carbocycles. The molecular weight excluding hydrogens is 415 g/mol. The smallest absolute Gasteiger partial charge is 0.270 e. The van der Waals surface area contributed by atoms with Crippen molar-refractivity contribution in [1.82, 2.24) is 14.9 Å². The molecular formula is C23H19FN4O2S. The van der Waals surface area contributed by atoms with Crippen LogP contribution in [0.4, 0.5) is 10.1 Å². The second kappa shape index (κ2) is 7.88. The van der Waals surface area contributed by atoms with Crippen LogP contribution in [0.5, 0.6) is 0 Å². The SMILES string of the molecule is Cc1ccc(-n2c(C)cc(C=C3C(=O)NC(=S)N(c4ccc(F)cc4)C3=O)c2C)nc1. The van der Waals surface area contributed by atoms with E-state index in [1.165, 1.54) is 29.2 Å². The Morgan fingerprint density at radius 3 is 2.42 bits per heavy atom. The van der Waals surface area contributed by atoms with E-state index in [-0.39, 0.29) is 10.7 Å². The normalized spacial score (nSPS) is 15.5. The summed E-state index contributed by atoms with van der Waals surface area (Å²) in [4.78, 5) is 31.4. The number of thiocarbonyl (C=S) groups is 1. The average molecular weight is 434 g/mol. The predicted molar refractivity (Wildman–Crippen MR) is 120 cm³/mol. The summed E-state index contributed by atoms with van der Waals surface area (Å²) in [7, 11) is 0. The molecule has 31 heavy (non-hydrogen) atoms. The first-order valence-corrected chi connectivity index (χ1v) is 9.96. The molecule has 3 aromatic rings. The van der Waals surface area contributed by atoms with Crippen LogP contribution in [0.15, 0.2) is 54.2 Å². The first kappa shape index (κ1) is 20.6. The van der Waals surface area contributed by atoms with Crippen LogP contribution < -0.4 is 10.2 Å². The number of nitrogens with zero attached hydrogens (tertiary/aromatic N) is 3. The summed E-state index contributed by atoms with van der Waals surface area (Å²) in [5.74, 6) is -0.833. The third-order valence-electron chi connectivity index (χ3n) is 5.08. The van der Waals surface area contributed by atoms with Crippen LogP contribution in [0.2, 0.25) is 0 Å². The lowest BCUT2D eigenvalue weighted by atomic mass is 10.1. The number of aromatic nitrogens is 2. The molecule has 8 heteroatoms. The van der Waals surface area contributed by atoms with Gasteiger partial charge in [-0.3, -0.25) is 19.8 Å². The fourth-order valence-electron chi connectivity index (χ4n) is 3.52. The molecule has 4 rings (SSSR count). The van der Waals surface area contributed by atoms with Gasteiger partial charge in [-0.05, 0) is 86.6 Å². The van der Waals surface area contributed by atoms with Gasteiger partial charge in [-0.1, -0.05) is 6.07 Å². The quantitative estimate of drug-likeness (QED) is 0.387. The topological polar surface area (TPSA) is 67.2 Å². The third kappa shape index (κ3) is 3.77. The average Bonchev–Trinajstić information content (AvgIpc) is 3.00. The van der Waals surface area contributed by atoms with Crippen LogP contribution in [0.1, 0.15) is 22.5 Å². The lowest BCUT2D eigenvalue weighted by molar-refractivity contribution is -0.122. The molecule has 0 unspecified atom stereocenters. The lowest BCUT2D eigenvalue weighted by Crippen LogP contribution is -2.54. The highest BCUT2D eigenvalue weighted by Crippen LogP contribution is 2.25. The van der Waals surface area contributed by atoms with E-state index in [9.17, 15) is 14.0 Å². The zero-order valence-electron chi connectivity index (χ0n) is 17.1. The van der Waals surface area contributed by atoms with E-state index < -0.39 is 17.6 Å². The molecule has 2 aromatic heterocycles. The molecule has 6 nitrogen and oxygen atoms in total. The van der Waals surface area contributed by atoms with Crippen LogP contribution >= 0.6 is 12.2 Å². The van der Waals surface area contributed by atoms with E-state index >= 15 is 0 Å². The van der Waals surface area contributed by atoms with E-state index in [1.807, 2.05) is 43.5 Å².